The number of halogens is 1. The van der Waals surface area contributed by atoms with Crippen LogP contribution in [0.3, 0.4) is 0 Å². The van der Waals surface area contributed by atoms with Gasteiger partial charge in [0.05, 0.1) is 0 Å². The molecule has 3 heteroatoms. The first-order valence-corrected chi connectivity index (χ1v) is 5.76. The first-order chi connectivity index (χ1) is 7.50. The van der Waals surface area contributed by atoms with Gasteiger partial charge < -0.3 is 10.2 Å². The molecule has 88 valence electrons. The standard InChI is InChI=1S/C13H19FN2/c1-10-8-15-9-13(2,3)16(10)12-6-4-5-11(14)7-12/h4-7,10,15H,8-9H2,1-3H3. The summed E-state index contributed by atoms with van der Waals surface area (Å²) < 4.78 is 13.3. The van der Waals surface area contributed by atoms with E-state index in [4.69, 9.17) is 0 Å². The summed E-state index contributed by atoms with van der Waals surface area (Å²) in [5, 5.41) is 3.40. The van der Waals surface area contributed by atoms with E-state index in [0.29, 0.717) is 6.04 Å². The van der Waals surface area contributed by atoms with Crippen LogP contribution in [0.25, 0.3) is 0 Å². The summed E-state index contributed by atoms with van der Waals surface area (Å²) in [6, 6.07) is 7.24. The van der Waals surface area contributed by atoms with Crippen LogP contribution in [0.15, 0.2) is 24.3 Å². The molecule has 0 bridgehead atoms. The summed E-state index contributed by atoms with van der Waals surface area (Å²) in [4.78, 5) is 2.30. The molecule has 1 fully saturated rings. The van der Waals surface area contributed by atoms with Crippen LogP contribution in [0.1, 0.15) is 20.8 Å². The lowest BCUT2D eigenvalue weighted by molar-refractivity contribution is 0.333. The van der Waals surface area contributed by atoms with Gasteiger partial charge in [-0.25, -0.2) is 4.39 Å². The molecule has 2 rings (SSSR count). The van der Waals surface area contributed by atoms with Gasteiger partial charge in [0, 0.05) is 30.4 Å². The molecule has 0 amide bonds. The van der Waals surface area contributed by atoms with Crippen LogP contribution in [0.5, 0.6) is 0 Å². The third kappa shape index (κ3) is 2.05. The molecule has 1 N–H and O–H groups in total. The average Bonchev–Trinajstić information content (AvgIpc) is 2.15. The molecule has 0 saturated carbocycles. The maximum atomic E-state index is 13.3. The number of anilines is 1. The van der Waals surface area contributed by atoms with E-state index in [0.717, 1.165) is 18.8 Å². The highest BCUT2D eigenvalue weighted by molar-refractivity contribution is 5.50. The lowest BCUT2D eigenvalue weighted by Gasteiger charge is -2.48. The highest BCUT2D eigenvalue weighted by Crippen LogP contribution is 2.28. The van der Waals surface area contributed by atoms with Crippen LogP contribution in [0.2, 0.25) is 0 Å². The number of rotatable bonds is 1. The Morgan fingerprint density at radius 2 is 2.19 bits per heavy atom. The van der Waals surface area contributed by atoms with Gasteiger partial charge in [0.2, 0.25) is 0 Å². The lowest BCUT2D eigenvalue weighted by Crippen LogP contribution is -2.62. The number of benzene rings is 1. The smallest absolute Gasteiger partial charge is 0.125 e. The van der Waals surface area contributed by atoms with Crippen LogP contribution in [-0.2, 0) is 0 Å². The Hall–Kier alpha value is -1.09. The van der Waals surface area contributed by atoms with E-state index < -0.39 is 0 Å². The van der Waals surface area contributed by atoms with Crippen molar-refractivity contribution in [3.63, 3.8) is 0 Å². The fourth-order valence-corrected chi connectivity index (χ4v) is 2.59. The molecule has 1 atom stereocenters. The summed E-state index contributed by atoms with van der Waals surface area (Å²) in [5.74, 6) is -0.168. The predicted octanol–water partition coefficient (Wildman–Crippen LogP) is 2.40. The fourth-order valence-electron chi connectivity index (χ4n) is 2.59. The van der Waals surface area contributed by atoms with Crippen molar-refractivity contribution in [2.24, 2.45) is 0 Å². The van der Waals surface area contributed by atoms with Crippen molar-refractivity contribution in [1.29, 1.82) is 0 Å². The highest BCUT2D eigenvalue weighted by atomic mass is 19.1. The molecule has 2 nitrogen and oxygen atoms in total. The Morgan fingerprint density at radius 3 is 2.81 bits per heavy atom. The first-order valence-electron chi connectivity index (χ1n) is 5.76. The summed E-state index contributed by atoms with van der Waals surface area (Å²) in [6.45, 7) is 8.40. The number of hydrogen-bond acceptors (Lipinski definition) is 2. The van der Waals surface area contributed by atoms with Gasteiger partial charge in [-0.15, -0.1) is 0 Å². The van der Waals surface area contributed by atoms with Crippen LogP contribution in [0.4, 0.5) is 10.1 Å². The van der Waals surface area contributed by atoms with Crippen LogP contribution in [-0.4, -0.2) is 24.7 Å². The third-order valence-corrected chi connectivity index (χ3v) is 3.18. The van der Waals surface area contributed by atoms with Gasteiger partial charge in [-0.1, -0.05) is 6.07 Å². The zero-order valence-electron chi connectivity index (χ0n) is 10.1. The second kappa shape index (κ2) is 4.06. The molecule has 1 aromatic rings. The summed E-state index contributed by atoms with van der Waals surface area (Å²) in [7, 11) is 0. The summed E-state index contributed by atoms with van der Waals surface area (Å²) >= 11 is 0. The summed E-state index contributed by atoms with van der Waals surface area (Å²) in [6.07, 6.45) is 0. The van der Waals surface area contributed by atoms with Crippen molar-refractivity contribution in [3.05, 3.63) is 30.1 Å². The topological polar surface area (TPSA) is 15.3 Å². The Kier molecular flexibility index (Phi) is 2.89. The van der Waals surface area contributed by atoms with Gasteiger partial charge in [0.1, 0.15) is 5.82 Å². The molecule has 1 aliphatic heterocycles. The molecule has 1 aliphatic rings. The Bertz CT molecular complexity index is 376. The lowest BCUT2D eigenvalue weighted by atomic mass is 9.95. The largest absolute Gasteiger partial charge is 0.361 e. The van der Waals surface area contributed by atoms with Gasteiger partial charge in [-0.3, -0.25) is 0 Å². The van der Waals surface area contributed by atoms with Crippen molar-refractivity contribution in [2.75, 3.05) is 18.0 Å². The minimum atomic E-state index is -0.168. The molecule has 1 heterocycles. The van der Waals surface area contributed by atoms with Crippen LogP contribution in [0, 0.1) is 5.82 Å². The Balaban J connectivity index is 2.36. The highest BCUT2D eigenvalue weighted by Gasteiger charge is 2.34. The SMILES string of the molecule is CC1CNCC(C)(C)N1c1cccc(F)c1. The van der Waals surface area contributed by atoms with Gasteiger partial charge >= 0.3 is 0 Å². The average molecular weight is 222 g/mol. The monoisotopic (exact) mass is 222 g/mol. The van der Waals surface area contributed by atoms with Crippen molar-refractivity contribution >= 4 is 5.69 Å². The molecular formula is C13H19FN2. The Labute approximate surface area is 96.5 Å². The number of hydrogen-bond donors (Lipinski definition) is 1. The van der Waals surface area contributed by atoms with Gasteiger partial charge in [0.15, 0.2) is 0 Å². The molecule has 0 spiro atoms. The van der Waals surface area contributed by atoms with E-state index in [9.17, 15) is 4.39 Å². The van der Waals surface area contributed by atoms with Gasteiger partial charge in [0.25, 0.3) is 0 Å². The molecule has 16 heavy (non-hydrogen) atoms. The third-order valence-electron chi connectivity index (χ3n) is 3.18. The van der Waals surface area contributed by atoms with E-state index in [1.165, 1.54) is 6.07 Å². The second-order valence-corrected chi connectivity index (χ2v) is 5.14. The molecule has 0 radical (unpaired) electrons. The van der Waals surface area contributed by atoms with E-state index >= 15 is 0 Å². The van der Waals surface area contributed by atoms with Gasteiger partial charge in [-0.05, 0) is 39.0 Å². The fraction of sp³-hybridized carbons (Fsp3) is 0.538. The number of piperazine rings is 1. The van der Waals surface area contributed by atoms with Crippen molar-refractivity contribution in [3.8, 4) is 0 Å². The van der Waals surface area contributed by atoms with Crippen molar-refractivity contribution in [1.82, 2.24) is 5.32 Å². The minimum Gasteiger partial charge on any atom is -0.361 e. The number of nitrogens with zero attached hydrogens (tertiary/aromatic N) is 1. The van der Waals surface area contributed by atoms with E-state index in [2.05, 4.69) is 31.0 Å². The zero-order chi connectivity index (χ0) is 11.8. The quantitative estimate of drug-likeness (QED) is 0.785. The van der Waals surface area contributed by atoms with Gasteiger partial charge in [-0.2, -0.15) is 0 Å². The van der Waals surface area contributed by atoms with E-state index in [1.54, 1.807) is 12.1 Å². The Morgan fingerprint density at radius 1 is 1.44 bits per heavy atom. The van der Waals surface area contributed by atoms with E-state index in [1.807, 2.05) is 6.07 Å². The minimum absolute atomic E-state index is 0.0193. The molecule has 1 aromatic carbocycles. The van der Waals surface area contributed by atoms with Crippen molar-refractivity contribution < 1.29 is 4.39 Å². The first kappa shape index (κ1) is 11.4. The normalized spacial score (nSPS) is 24.5. The molecular weight excluding hydrogens is 203 g/mol. The van der Waals surface area contributed by atoms with Crippen molar-refractivity contribution in [2.45, 2.75) is 32.4 Å². The predicted molar refractivity (Wildman–Crippen MR) is 65.3 cm³/mol. The molecule has 0 aromatic heterocycles. The van der Waals surface area contributed by atoms with Crippen LogP contribution >= 0.6 is 0 Å². The maximum Gasteiger partial charge on any atom is 0.125 e. The second-order valence-electron chi connectivity index (χ2n) is 5.14. The molecule has 1 unspecified atom stereocenters. The molecule has 0 aliphatic carbocycles. The number of nitrogens with one attached hydrogen (secondary N) is 1. The summed E-state index contributed by atoms with van der Waals surface area (Å²) in [5.41, 5.74) is 0.991. The zero-order valence-corrected chi connectivity index (χ0v) is 10.1. The maximum absolute atomic E-state index is 13.3. The van der Waals surface area contributed by atoms with Crippen LogP contribution < -0.4 is 10.2 Å². The molecule has 1 saturated heterocycles. The van der Waals surface area contributed by atoms with E-state index in [-0.39, 0.29) is 11.4 Å².